The highest BCUT2D eigenvalue weighted by atomic mass is 16.5. The monoisotopic (exact) mass is 359 g/mol. The lowest BCUT2D eigenvalue weighted by Crippen LogP contribution is -2.28. The number of para-hydroxylation sites is 1. The van der Waals surface area contributed by atoms with Gasteiger partial charge in [0.1, 0.15) is 17.9 Å². The first-order valence-electron chi connectivity index (χ1n) is 9.38. The van der Waals surface area contributed by atoms with Crippen molar-refractivity contribution >= 4 is 16.9 Å². The maximum absolute atomic E-state index is 9.64. The van der Waals surface area contributed by atoms with Crippen LogP contribution in [0.5, 0.6) is 5.75 Å². The van der Waals surface area contributed by atoms with Crippen molar-refractivity contribution in [1.29, 1.82) is 0 Å². The van der Waals surface area contributed by atoms with Gasteiger partial charge in [-0.2, -0.15) is 0 Å². The molecule has 0 spiro atoms. The lowest BCUT2D eigenvalue weighted by molar-refractivity contribution is -0.0161. The van der Waals surface area contributed by atoms with E-state index < -0.39 is 0 Å². The lowest BCUT2D eigenvalue weighted by atomic mass is 9.93. The molecule has 0 amide bonds. The van der Waals surface area contributed by atoms with Gasteiger partial charge in [0.15, 0.2) is 0 Å². The van der Waals surface area contributed by atoms with E-state index in [1.54, 1.807) is 0 Å². The molecule has 3 rings (SSSR count). The highest BCUT2D eigenvalue weighted by molar-refractivity contribution is 5.84. The third-order valence-electron chi connectivity index (χ3n) is 4.48. The number of aliphatic hydroxyl groups excluding tert-OH is 1. The molecule has 0 radical (unpaired) electrons. The van der Waals surface area contributed by atoms with Crippen molar-refractivity contribution < 1.29 is 14.6 Å². The SMILES string of the molecule is CC(C)(C)OCCOc1cccc2cnc(NC3CCC(O)CC3)nc12. The molecule has 0 saturated heterocycles. The van der Waals surface area contributed by atoms with Crippen LogP contribution in [0, 0.1) is 0 Å². The largest absolute Gasteiger partial charge is 0.489 e. The highest BCUT2D eigenvalue weighted by Crippen LogP contribution is 2.26. The molecule has 1 aliphatic carbocycles. The molecule has 2 N–H and O–H groups in total. The topological polar surface area (TPSA) is 76.5 Å². The van der Waals surface area contributed by atoms with Crippen molar-refractivity contribution in [2.45, 2.75) is 64.2 Å². The van der Waals surface area contributed by atoms with Crippen LogP contribution in [0.15, 0.2) is 24.4 Å². The van der Waals surface area contributed by atoms with Crippen molar-refractivity contribution in [3.63, 3.8) is 0 Å². The fourth-order valence-electron chi connectivity index (χ4n) is 3.12. The molecule has 26 heavy (non-hydrogen) atoms. The van der Waals surface area contributed by atoms with Gasteiger partial charge in [0.2, 0.25) is 5.95 Å². The summed E-state index contributed by atoms with van der Waals surface area (Å²) in [5, 5.41) is 14.0. The normalized spacial score (nSPS) is 20.9. The number of fused-ring (bicyclic) bond motifs is 1. The van der Waals surface area contributed by atoms with Gasteiger partial charge in [-0.25, -0.2) is 9.97 Å². The summed E-state index contributed by atoms with van der Waals surface area (Å²) in [7, 11) is 0. The summed E-state index contributed by atoms with van der Waals surface area (Å²) in [6, 6.07) is 6.16. The molecule has 0 bridgehead atoms. The summed E-state index contributed by atoms with van der Waals surface area (Å²) in [5.74, 6) is 1.35. The minimum absolute atomic E-state index is 0.166. The Bertz CT molecular complexity index is 722. The minimum atomic E-state index is -0.172. The average molecular weight is 359 g/mol. The molecule has 6 nitrogen and oxygen atoms in total. The van der Waals surface area contributed by atoms with Gasteiger partial charge in [0.05, 0.1) is 18.3 Å². The Labute approximate surface area is 154 Å². The number of nitrogens with one attached hydrogen (secondary N) is 1. The average Bonchev–Trinajstić information content (AvgIpc) is 2.60. The van der Waals surface area contributed by atoms with Crippen LogP contribution in [-0.2, 0) is 4.74 Å². The number of ether oxygens (including phenoxy) is 2. The lowest BCUT2D eigenvalue weighted by Gasteiger charge is -2.26. The Morgan fingerprint density at radius 3 is 2.65 bits per heavy atom. The number of anilines is 1. The van der Waals surface area contributed by atoms with Gasteiger partial charge in [-0.1, -0.05) is 12.1 Å². The maximum Gasteiger partial charge on any atom is 0.223 e. The van der Waals surface area contributed by atoms with Gasteiger partial charge in [-0.05, 0) is 52.5 Å². The van der Waals surface area contributed by atoms with Crippen LogP contribution in [-0.4, -0.2) is 46.0 Å². The number of hydrogen-bond acceptors (Lipinski definition) is 6. The van der Waals surface area contributed by atoms with Crippen molar-refractivity contribution in [1.82, 2.24) is 9.97 Å². The van der Waals surface area contributed by atoms with Gasteiger partial charge in [0.25, 0.3) is 0 Å². The van der Waals surface area contributed by atoms with Gasteiger partial charge in [0, 0.05) is 17.6 Å². The van der Waals surface area contributed by atoms with Crippen LogP contribution in [0.4, 0.5) is 5.95 Å². The summed E-state index contributed by atoms with van der Waals surface area (Å²) < 4.78 is 11.6. The summed E-state index contributed by atoms with van der Waals surface area (Å²) in [4.78, 5) is 9.09. The predicted octanol–water partition coefficient (Wildman–Crippen LogP) is 3.54. The Hall–Kier alpha value is -1.92. The fraction of sp³-hybridized carbons (Fsp3) is 0.600. The van der Waals surface area contributed by atoms with Crippen molar-refractivity contribution in [3.05, 3.63) is 24.4 Å². The zero-order valence-electron chi connectivity index (χ0n) is 15.9. The third-order valence-corrected chi connectivity index (χ3v) is 4.48. The Morgan fingerprint density at radius 2 is 1.92 bits per heavy atom. The number of benzene rings is 1. The molecule has 0 unspecified atom stereocenters. The standard InChI is InChI=1S/C20H29N3O3/c1-20(2,3)26-12-11-25-17-6-4-5-14-13-21-19(23-18(14)17)22-15-7-9-16(24)10-8-15/h4-6,13,15-16,24H,7-12H2,1-3H3,(H,21,22,23). The molecule has 6 heteroatoms. The minimum Gasteiger partial charge on any atom is -0.489 e. The van der Waals surface area contributed by atoms with Gasteiger partial charge in [-0.15, -0.1) is 0 Å². The van der Waals surface area contributed by atoms with E-state index in [4.69, 9.17) is 9.47 Å². The molecule has 0 atom stereocenters. The first-order valence-corrected chi connectivity index (χ1v) is 9.38. The second kappa shape index (κ2) is 8.18. The van der Waals surface area contributed by atoms with Gasteiger partial charge < -0.3 is 19.9 Å². The number of nitrogens with zero attached hydrogens (tertiary/aromatic N) is 2. The van der Waals surface area contributed by atoms with Crippen molar-refractivity contribution in [2.75, 3.05) is 18.5 Å². The first kappa shape index (κ1) is 18.9. The Morgan fingerprint density at radius 1 is 1.15 bits per heavy atom. The second-order valence-corrected chi connectivity index (χ2v) is 7.85. The quantitative estimate of drug-likeness (QED) is 0.768. The van der Waals surface area contributed by atoms with Crippen LogP contribution in [0.1, 0.15) is 46.5 Å². The molecule has 1 aromatic carbocycles. The van der Waals surface area contributed by atoms with Crippen molar-refractivity contribution in [2.24, 2.45) is 0 Å². The molecule has 2 aromatic rings. The molecule has 1 aliphatic rings. The summed E-state index contributed by atoms with van der Waals surface area (Å²) in [6.45, 7) is 7.09. The summed E-state index contributed by atoms with van der Waals surface area (Å²) >= 11 is 0. The summed E-state index contributed by atoms with van der Waals surface area (Å²) in [5.41, 5.74) is 0.631. The number of aromatic nitrogens is 2. The van der Waals surface area contributed by atoms with E-state index in [2.05, 4.69) is 15.3 Å². The Kier molecular flexibility index (Phi) is 5.94. The molecule has 1 heterocycles. The zero-order chi connectivity index (χ0) is 18.6. The van der Waals surface area contributed by atoms with E-state index in [1.165, 1.54) is 0 Å². The first-order chi connectivity index (χ1) is 12.4. The number of rotatable bonds is 6. The van der Waals surface area contributed by atoms with E-state index in [9.17, 15) is 5.11 Å². The highest BCUT2D eigenvalue weighted by Gasteiger charge is 2.20. The summed E-state index contributed by atoms with van der Waals surface area (Å²) in [6.07, 6.45) is 5.18. The van der Waals surface area contributed by atoms with Crippen LogP contribution < -0.4 is 10.1 Å². The van der Waals surface area contributed by atoms with Crippen LogP contribution in [0.25, 0.3) is 10.9 Å². The molecule has 1 fully saturated rings. The second-order valence-electron chi connectivity index (χ2n) is 7.85. The van der Waals surface area contributed by atoms with E-state index in [1.807, 2.05) is 45.2 Å². The molecule has 1 aromatic heterocycles. The zero-order valence-corrected chi connectivity index (χ0v) is 15.9. The van der Waals surface area contributed by atoms with E-state index in [0.29, 0.717) is 25.2 Å². The van der Waals surface area contributed by atoms with Gasteiger partial charge in [-0.3, -0.25) is 0 Å². The molecular formula is C20H29N3O3. The van der Waals surface area contributed by atoms with Crippen LogP contribution in [0.3, 0.4) is 0 Å². The molecular weight excluding hydrogens is 330 g/mol. The molecule has 1 saturated carbocycles. The van der Waals surface area contributed by atoms with E-state index in [0.717, 1.165) is 42.3 Å². The fourth-order valence-corrected chi connectivity index (χ4v) is 3.12. The van der Waals surface area contributed by atoms with E-state index in [-0.39, 0.29) is 11.7 Å². The number of aliphatic hydroxyl groups is 1. The predicted molar refractivity (Wildman–Crippen MR) is 103 cm³/mol. The van der Waals surface area contributed by atoms with E-state index >= 15 is 0 Å². The molecule has 142 valence electrons. The third kappa shape index (κ3) is 5.29. The van der Waals surface area contributed by atoms with Crippen LogP contribution >= 0.6 is 0 Å². The maximum atomic E-state index is 9.64. The number of hydrogen-bond donors (Lipinski definition) is 2. The Balaban J connectivity index is 1.67. The van der Waals surface area contributed by atoms with Gasteiger partial charge >= 0.3 is 0 Å². The van der Waals surface area contributed by atoms with Crippen LogP contribution in [0.2, 0.25) is 0 Å². The molecule has 0 aliphatic heterocycles. The smallest absolute Gasteiger partial charge is 0.223 e. The van der Waals surface area contributed by atoms with Crippen molar-refractivity contribution in [3.8, 4) is 5.75 Å².